The number of aromatic nitrogens is 1. The molecule has 0 bridgehead atoms. The summed E-state index contributed by atoms with van der Waals surface area (Å²) >= 11 is 0. The highest BCUT2D eigenvalue weighted by atomic mass is 16.1. The summed E-state index contributed by atoms with van der Waals surface area (Å²) in [6.45, 7) is 1.49. The predicted molar refractivity (Wildman–Crippen MR) is 70.1 cm³/mol. The normalized spacial score (nSPS) is 20.4. The van der Waals surface area contributed by atoms with Crippen molar-refractivity contribution in [3.63, 3.8) is 0 Å². The van der Waals surface area contributed by atoms with Crippen LogP contribution in [-0.4, -0.2) is 24.0 Å². The molecule has 1 aromatic heterocycles. The molecule has 1 aromatic carbocycles. The second kappa shape index (κ2) is 4.74. The van der Waals surface area contributed by atoms with E-state index in [0.717, 1.165) is 23.0 Å². The number of rotatable bonds is 1. The Labute approximate surface area is 105 Å². The third-order valence-electron chi connectivity index (χ3n) is 3.24. The molecule has 0 radical (unpaired) electrons. The van der Waals surface area contributed by atoms with Gasteiger partial charge in [-0.15, -0.1) is 0 Å². The van der Waals surface area contributed by atoms with E-state index in [-0.39, 0.29) is 11.9 Å². The molecule has 4 nitrogen and oxygen atoms in total. The monoisotopic (exact) mass is 241 g/mol. The van der Waals surface area contributed by atoms with Crippen molar-refractivity contribution >= 4 is 16.8 Å². The van der Waals surface area contributed by atoms with Crippen LogP contribution in [0, 0.1) is 0 Å². The molecule has 1 amide bonds. The lowest BCUT2D eigenvalue weighted by atomic mass is 10.0. The van der Waals surface area contributed by atoms with Crippen LogP contribution in [0.1, 0.15) is 18.0 Å². The van der Waals surface area contributed by atoms with Crippen LogP contribution in [0.2, 0.25) is 0 Å². The van der Waals surface area contributed by atoms with E-state index in [4.69, 9.17) is 0 Å². The fourth-order valence-corrected chi connectivity index (χ4v) is 2.29. The average Bonchev–Trinajstić information content (AvgIpc) is 2.63. The van der Waals surface area contributed by atoms with Crippen molar-refractivity contribution in [2.45, 2.75) is 12.5 Å². The molecular formula is C14H15N3O. The van der Waals surface area contributed by atoms with Crippen LogP contribution < -0.4 is 10.6 Å². The van der Waals surface area contributed by atoms with Gasteiger partial charge in [0.05, 0.1) is 5.52 Å². The van der Waals surface area contributed by atoms with Gasteiger partial charge in [0.2, 0.25) is 5.91 Å². The molecule has 18 heavy (non-hydrogen) atoms. The Morgan fingerprint density at radius 3 is 3.06 bits per heavy atom. The Morgan fingerprint density at radius 1 is 1.22 bits per heavy atom. The molecule has 1 unspecified atom stereocenters. The number of carbonyl (C=O) groups excluding carboxylic acids is 1. The van der Waals surface area contributed by atoms with Gasteiger partial charge in [0.1, 0.15) is 0 Å². The molecule has 1 aliphatic rings. The number of para-hydroxylation sites is 1. The number of benzene rings is 1. The van der Waals surface area contributed by atoms with E-state index in [0.29, 0.717) is 13.0 Å². The zero-order valence-electron chi connectivity index (χ0n) is 10.0. The van der Waals surface area contributed by atoms with Crippen molar-refractivity contribution in [3.05, 3.63) is 42.1 Å². The smallest absolute Gasteiger partial charge is 0.221 e. The van der Waals surface area contributed by atoms with Crippen molar-refractivity contribution in [3.8, 4) is 0 Å². The number of carbonyl (C=O) groups is 1. The van der Waals surface area contributed by atoms with Gasteiger partial charge in [0.25, 0.3) is 0 Å². The minimum atomic E-state index is 0.0598. The molecule has 1 saturated heterocycles. The standard InChI is InChI=1S/C14H15N3O/c18-14-8-13(15-5-6-16-14)11-7-10-3-1-2-4-12(10)17-9-11/h1-4,7,9,13,15H,5-6,8H2,(H,16,18). The van der Waals surface area contributed by atoms with Crippen LogP contribution in [0.15, 0.2) is 36.5 Å². The molecule has 2 aromatic rings. The molecule has 0 aliphatic carbocycles. The first-order valence-electron chi connectivity index (χ1n) is 6.18. The van der Waals surface area contributed by atoms with E-state index >= 15 is 0 Å². The zero-order valence-corrected chi connectivity index (χ0v) is 10.0. The highest BCUT2D eigenvalue weighted by Crippen LogP contribution is 2.21. The van der Waals surface area contributed by atoms with Crippen molar-refractivity contribution in [2.24, 2.45) is 0 Å². The molecule has 92 valence electrons. The molecule has 2 N–H and O–H groups in total. The summed E-state index contributed by atoms with van der Waals surface area (Å²) in [6, 6.07) is 10.2. The summed E-state index contributed by atoms with van der Waals surface area (Å²) in [4.78, 5) is 16.0. The number of pyridine rings is 1. The Hall–Kier alpha value is -1.94. The fraction of sp³-hybridized carbons (Fsp3) is 0.286. The molecule has 1 aliphatic heterocycles. The number of hydrogen-bond acceptors (Lipinski definition) is 3. The van der Waals surface area contributed by atoms with Crippen LogP contribution in [0.5, 0.6) is 0 Å². The van der Waals surface area contributed by atoms with Crippen molar-refractivity contribution < 1.29 is 4.79 Å². The van der Waals surface area contributed by atoms with Gasteiger partial charge in [0.15, 0.2) is 0 Å². The molecule has 0 spiro atoms. The van der Waals surface area contributed by atoms with Crippen LogP contribution in [-0.2, 0) is 4.79 Å². The number of fused-ring (bicyclic) bond motifs is 1. The van der Waals surface area contributed by atoms with Crippen LogP contribution in [0.25, 0.3) is 10.9 Å². The zero-order chi connectivity index (χ0) is 12.4. The van der Waals surface area contributed by atoms with E-state index < -0.39 is 0 Å². The molecule has 3 rings (SSSR count). The topological polar surface area (TPSA) is 54.0 Å². The summed E-state index contributed by atoms with van der Waals surface area (Å²) in [5.41, 5.74) is 2.06. The van der Waals surface area contributed by atoms with E-state index in [1.807, 2.05) is 30.5 Å². The lowest BCUT2D eigenvalue weighted by molar-refractivity contribution is -0.121. The molecule has 0 saturated carbocycles. The largest absolute Gasteiger partial charge is 0.355 e. The Kier molecular flexibility index (Phi) is 2.94. The number of nitrogens with zero attached hydrogens (tertiary/aromatic N) is 1. The van der Waals surface area contributed by atoms with Crippen molar-refractivity contribution in [2.75, 3.05) is 13.1 Å². The summed E-state index contributed by atoms with van der Waals surface area (Å²) in [5.74, 6) is 0.0955. The van der Waals surface area contributed by atoms with E-state index in [9.17, 15) is 4.79 Å². The van der Waals surface area contributed by atoms with Crippen LogP contribution >= 0.6 is 0 Å². The summed E-state index contributed by atoms with van der Waals surface area (Å²) in [7, 11) is 0. The van der Waals surface area contributed by atoms with Crippen molar-refractivity contribution in [1.29, 1.82) is 0 Å². The van der Waals surface area contributed by atoms with Gasteiger partial charge in [-0.1, -0.05) is 18.2 Å². The maximum Gasteiger partial charge on any atom is 0.221 e. The first-order chi connectivity index (χ1) is 8.83. The molecule has 1 fully saturated rings. The van der Waals surface area contributed by atoms with E-state index in [1.54, 1.807) is 0 Å². The van der Waals surface area contributed by atoms with Crippen LogP contribution in [0.3, 0.4) is 0 Å². The predicted octanol–water partition coefficient (Wildman–Crippen LogP) is 1.39. The first-order valence-corrected chi connectivity index (χ1v) is 6.18. The van der Waals surface area contributed by atoms with Crippen molar-refractivity contribution in [1.82, 2.24) is 15.6 Å². The van der Waals surface area contributed by atoms with Gasteiger partial charge in [-0.25, -0.2) is 0 Å². The van der Waals surface area contributed by atoms with Gasteiger partial charge in [-0.05, 0) is 17.7 Å². The minimum Gasteiger partial charge on any atom is -0.355 e. The second-order valence-corrected chi connectivity index (χ2v) is 4.52. The number of nitrogens with one attached hydrogen (secondary N) is 2. The van der Waals surface area contributed by atoms with E-state index in [1.165, 1.54) is 0 Å². The SMILES string of the molecule is O=C1CC(c2cnc3ccccc3c2)NCCN1. The maximum absolute atomic E-state index is 11.6. The minimum absolute atomic E-state index is 0.0598. The third kappa shape index (κ3) is 2.19. The maximum atomic E-state index is 11.6. The molecular weight excluding hydrogens is 226 g/mol. The Morgan fingerprint density at radius 2 is 2.11 bits per heavy atom. The highest BCUT2D eigenvalue weighted by molar-refractivity contribution is 5.80. The first kappa shape index (κ1) is 11.2. The Bertz CT molecular complexity index is 582. The van der Waals surface area contributed by atoms with Gasteiger partial charge >= 0.3 is 0 Å². The quantitative estimate of drug-likeness (QED) is 0.793. The van der Waals surface area contributed by atoms with Crippen LogP contribution in [0.4, 0.5) is 0 Å². The van der Waals surface area contributed by atoms with Gasteiger partial charge < -0.3 is 10.6 Å². The third-order valence-corrected chi connectivity index (χ3v) is 3.24. The second-order valence-electron chi connectivity index (χ2n) is 4.52. The lowest BCUT2D eigenvalue weighted by Crippen LogP contribution is -2.24. The fourth-order valence-electron chi connectivity index (χ4n) is 2.29. The molecule has 1 atom stereocenters. The van der Waals surface area contributed by atoms with Gasteiger partial charge in [0, 0.05) is 37.1 Å². The number of amides is 1. The highest BCUT2D eigenvalue weighted by Gasteiger charge is 2.18. The van der Waals surface area contributed by atoms with Gasteiger partial charge in [-0.2, -0.15) is 0 Å². The molecule has 4 heteroatoms. The summed E-state index contributed by atoms with van der Waals surface area (Å²) in [5, 5.41) is 7.34. The van der Waals surface area contributed by atoms with E-state index in [2.05, 4.69) is 21.7 Å². The Balaban J connectivity index is 1.95. The molecule has 2 heterocycles. The summed E-state index contributed by atoms with van der Waals surface area (Å²) < 4.78 is 0. The summed E-state index contributed by atoms with van der Waals surface area (Å²) in [6.07, 6.45) is 2.33. The number of hydrogen-bond donors (Lipinski definition) is 2. The average molecular weight is 241 g/mol. The lowest BCUT2D eigenvalue weighted by Gasteiger charge is -2.15. The van der Waals surface area contributed by atoms with Gasteiger partial charge in [-0.3, -0.25) is 9.78 Å².